The highest BCUT2D eigenvalue weighted by atomic mass is 32.2. The van der Waals surface area contributed by atoms with Crippen LogP contribution in [0, 0.1) is 5.92 Å². The molecule has 1 saturated heterocycles. The first-order chi connectivity index (χ1) is 12.8. The van der Waals surface area contributed by atoms with E-state index in [-0.39, 0.29) is 22.6 Å². The van der Waals surface area contributed by atoms with Crippen molar-refractivity contribution in [1.29, 1.82) is 0 Å². The first-order valence-corrected chi connectivity index (χ1v) is 10.9. The number of piperazine rings is 1. The zero-order valence-corrected chi connectivity index (χ0v) is 16.7. The number of carbonyl (C=O) groups excluding carboxylic acids is 2. The van der Waals surface area contributed by atoms with Gasteiger partial charge in [0.2, 0.25) is 15.9 Å². The van der Waals surface area contributed by atoms with E-state index >= 15 is 0 Å². The van der Waals surface area contributed by atoms with Gasteiger partial charge < -0.3 is 9.80 Å². The van der Waals surface area contributed by atoms with Crippen LogP contribution in [-0.2, 0) is 14.8 Å². The smallest absolute Gasteiger partial charge is 0.253 e. The van der Waals surface area contributed by atoms with Crippen LogP contribution in [0.25, 0.3) is 0 Å². The fraction of sp³-hybridized carbons (Fsp3) is 0.579. The summed E-state index contributed by atoms with van der Waals surface area (Å²) in [6.45, 7) is 2.15. The lowest BCUT2D eigenvalue weighted by Gasteiger charge is -2.36. The first kappa shape index (κ1) is 19.8. The molecule has 1 aromatic rings. The van der Waals surface area contributed by atoms with E-state index in [0.29, 0.717) is 31.7 Å². The number of benzene rings is 1. The number of rotatable bonds is 4. The maximum absolute atomic E-state index is 12.7. The predicted octanol–water partition coefficient (Wildman–Crippen LogP) is 1.41. The van der Waals surface area contributed by atoms with Crippen LogP contribution in [-0.4, -0.2) is 74.6 Å². The lowest BCUT2D eigenvalue weighted by molar-refractivity contribution is -0.136. The second kappa shape index (κ2) is 7.98. The van der Waals surface area contributed by atoms with E-state index in [1.54, 1.807) is 17.0 Å². The standard InChI is InChI=1S/C19H27N3O4S/c1-20(2)27(25,26)17-9-7-16(8-10-17)19(24)22-13-11-21(12-14-22)18(23)15-5-3-4-6-15/h7-10,15H,3-6,11-14H2,1-2H3. The number of hydrogen-bond acceptors (Lipinski definition) is 4. The second-order valence-electron chi connectivity index (χ2n) is 7.41. The Balaban J connectivity index is 1.60. The molecular formula is C19H27N3O4S. The predicted molar refractivity (Wildman–Crippen MR) is 102 cm³/mol. The van der Waals surface area contributed by atoms with Gasteiger partial charge in [-0.15, -0.1) is 0 Å². The van der Waals surface area contributed by atoms with E-state index < -0.39 is 10.0 Å². The van der Waals surface area contributed by atoms with Gasteiger partial charge in [0.15, 0.2) is 0 Å². The van der Waals surface area contributed by atoms with E-state index in [0.717, 1.165) is 30.0 Å². The molecule has 148 valence electrons. The molecule has 0 unspecified atom stereocenters. The normalized spacial score (nSPS) is 18.9. The Kier molecular flexibility index (Phi) is 5.86. The van der Waals surface area contributed by atoms with Crippen LogP contribution in [0.3, 0.4) is 0 Å². The van der Waals surface area contributed by atoms with Gasteiger partial charge in [0.1, 0.15) is 0 Å². The average Bonchev–Trinajstić information content (AvgIpc) is 3.22. The van der Waals surface area contributed by atoms with E-state index in [2.05, 4.69) is 0 Å². The Morgan fingerprint density at radius 2 is 1.44 bits per heavy atom. The number of nitrogens with zero attached hydrogens (tertiary/aromatic N) is 3. The van der Waals surface area contributed by atoms with Gasteiger partial charge in [-0.05, 0) is 37.1 Å². The molecule has 2 fully saturated rings. The molecule has 7 nitrogen and oxygen atoms in total. The van der Waals surface area contributed by atoms with Crippen molar-refractivity contribution < 1.29 is 18.0 Å². The molecule has 0 atom stereocenters. The summed E-state index contributed by atoms with van der Waals surface area (Å²) in [7, 11) is -0.559. The average molecular weight is 394 g/mol. The van der Waals surface area contributed by atoms with Crippen molar-refractivity contribution in [3.63, 3.8) is 0 Å². The Labute approximate surface area is 161 Å². The van der Waals surface area contributed by atoms with E-state index in [1.165, 1.54) is 26.2 Å². The number of sulfonamides is 1. The minimum atomic E-state index is -3.50. The molecule has 0 bridgehead atoms. The van der Waals surface area contributed by atoms with E-state index in [1.807, 2.05) is 4.90 Å². The summed E-state index contributed by atoms with van der Waals surface area (Å²) >= 11 is 0. The lowest BCUT2D eigenvalue weighted by Crippen LogP contribution is -2.51. The van der Waals surface area contributed by atoms with Gasteiger partial charge in [0.05, 0.1) is 4.90 Å². The summed E-state index contributed by atoms with van der Waals surface area (Å²) < 4.78 is 25.4. The van der Waals surface area contributed by atoms with Gasteiger partial charge in [0, 0.05) is 51.8 Å². The number of amides is 2. The summed E-state index contributed by atoms with van der Waals surface area (Å²) in [4.78, 5) is 29.0. The van der Waals surface area contributed by atoms with Crippen molar-refractivity contribution >= 4 is 21.8 Å². The molecular weight excluding hydrogens is 366 g/mol. The van der Waals surface area contributed by atoms with Gasteiger partial charge in [-0.3, -0.25) is 9.59 Å². The molecule has 2 amide bonds. The molecule has 1 aliphatic heterocycles. The Hall–Kier alpha value is -1.93. The van der Waals surface area contributed by atoms with Crippen LogP contribution >= 0.6 is 0 Å². The fourth-order valence-electron chi connectivity index (χ4n) is 3.72. The highest BCUT2D eigenvalue weighted by Gasteiger charge is 2.30. The van der Waals surface area contributed by atoms with E-state index in [9.17, 15) is 18.0 Å². The Morgan fingerprint density at radius 1 is 0.926 bits per heavy atom. The summed E-state index contributed by atoms with van der Waals surface area (Å²) in [6.07, 6.45) is 4.24. The minimum Gasteiger partial charge on any atom is -0.339 e. The number of carbonyl (C=O) groups is 2. The molecule has 1 aromatic carbocycles. The van der Waals surface area contributed by atoms with Crippen molar-refractivity contribution in [3.8, 4) is 0 Å². The van der Waals surface area contributed by atoms with Crippen LogP contribution in [0.15, 0.2) is 29.2 Å². The Morgan fingerprint density at radius 3 is 1.96 bits per heavy atom. The third kappa shape index (κ3) is 4.16. The van der Waals surface area contributed by atoms with Crippen LogP contribution in [0.5, 0.6) is 0 Å². The molecule has 1 heterocycles. The first-order valence-electron chi connectivity index (χ1n) is 9.41. The van der Waals surface area contributed by atoms with Gasteiger partial charge in [-0.2, -0.15) is 0 Å². The van der Waals surface area contributed by atoms with Gasteiger partial charge >= 0.3 is 0 Å². The lowest BCUT2D eigenvalue weighted by atomic mass is 10.1. The monoisotopic (exact) mass is 393 g/mol. The molecule has 0 radical (unpaired) electrons. The van der Waals surface area contributed by atoms with Crippen LogP contribution in [0.4, 0.5) is 0 Å². The molecule has 3 rings (SSSR count). The molecule has 27 heavy (non-hydrogen) atoms. The highest BCUT2D eigenvalue weighted by molar-refractivity contribution is 7.89. The molecule has 2 aliphatic rings. The van der Waals surface area contributed by atoms with Crippen molar-refractivity contribution in [2.45, 2.75) is 30.6 Å². The topological polar surface area (TPSA) is 78.0 Å². The summed E-state index contributed by atoms with van der Waals surface area (Å²) in [5.74, 6) is 0.271. The van der Waals surface area contributed by atoms with Gasteiger partial charge in [-0.1, -0.05) is 12.8 Å². The maximum atomic E-state index is 12.7. The molecule has 1 saturated carbocycles. The number of hydrogen-bond donors (Lipinski definition) is 0. The quantitative estimate of drug-likeness (QED) is 0.775. The van der Waals surface area contributed by atoms with Crippen molar-refractivity contribution in [2.75, 3.05) is 40.3 Å². The zero-order chi connectivity index (χ0) is 19.6. The van der Waals surface area contributed by atoms with Crippen molar-refractivity contribution in [2.24, 2.45) is 5.92 Å². The maximum Gasteiger partial charge on any atom is 0.253 e. The van der Waals surface area contributed by atoms with Crippen LogP contribution in [0.1, 0.15) is 36.0 Å². The Bertz CT molecular complexity index is 791. The molecule has 0 aromatic heterocycles. The second-order valence-corrected chi connectivity index (χ2v) is 9.56. The summed E-state index contributed by atoms with van der Waals surface area (Å²) in [5, 5.41) is 0. The van der Waals surface area contributed by atoms with Gasteiger partial charge in [-0.25, -0.2) is 12.7 Å². The third-order valence-electron chi connectivity index (χ3n) is 5.46. The van der Waals surface area contributed by atoms with Crippen molar-refractivity contribution in [3.05, 3.63) is 29.8 Å². The third-order valence-corrected chi connectivity index (χ3v) is 7.29. The highest BCUT2D eigenvalue weighted by Crippen LogP contribution is 2.27. The SMILES string of the molecule is CN(C)S(=O)(=O)c1ccc(C(=O)N2CCN(C(=O)C3CCCC3)CC2)cc1. The molecule has 8 heteroatoms. The molecule has 0 spiro atoms. The summed E-state index contributed by atoms with van der Waals surface area (Å²) in [6, 6.07) is 6.02. The molecule has 1 aliphatic carbocycles. The van der Waals surface area contributed by atoms with Crippen LogP contribution in [0.2, 0.25) is 0 Å². The van der Waals surface area contributed by atoms with Crippen molar-refractivity contribution in [1.82, 2.24) is 14.1 Å². The minimum absolute atomic E-state index is 0.128. The zero-order valence-electron chi connectivity index (χ0n) is 15.9. The van der Waals surface area contributed by atoms with Crippen LogP contribution < -0.4 is 0 Å². The largest absolute Gasteiger partial charge is 0.339 e. The summed E-state index contributed by atoms with van der Waals surface area (Å²) in [5.41, 5.74) is 0.461. The molecule has 0 N–H and O–H groups in total. The van der Waals surface area contributed by atoms with Gasteiger partial charge in [0.25, 0.3) is 5.91 Å². The van der Waals surface area contributed by atoms with E-state index in [4.69, 9.17) is 0 Å². The fourth-order valence-corrected chi connectivity index (χ4v) is 4.63.